The van der Waals surface area contributed by atoms with Crippen LogP contribution >= 0.6 is 11.6 Å². The molecular weight excluding hydrogens is 427 g/mol. The normalized spacial score (nSPS) is 16.6. The van der Waals surface area contributed by atoms with Crippen LogP contribution in [0.5, 0.6) is 5.88 Å². The number of hydrogen-bond acceptors (Lipinski definition) is 6. The summed E-state index contributed by atoms with van der Waals surface area (Å²) in [5.41, 5.74) is -0.0591. The number of hydrogen-bond donors (Lipinski definition) is 2. The van der Waals surface area contributed by atoms with Crippen molar-refractivity contribution in [2.45, 2.75) is 44.6 Å². The highest BCUT2D eigenvalue weighted by Crippen LogP contribution is 2.33. The number of carbonyl (C=O) groups is 3. The van der Waals surface area contributed by atoms with Crippen LogP contribution < -0.4 is 15.4 Å². The first kappa shape index (κ1) is 22.6. The van der Waals surface area contributed by atoms with Crippen molar-refractivity contribution >= 4 is 29.3 Å². The predicted octanol–water partition coefficient (Wildman–Crippen LogP) is 2.39. The molecule has 2 aromatic rings. The molecule has 1 unspecified atom stereocenters. The zero-order chi connectivity index (χ0) is 22.8. The van der Waals surface area contributed by atoms with Crippen LogP contribution in [0.2, 0.25) is 5.02 Å². The van der Waals surface area contributed by atoms with Gasteiger partial charge in [-0.25, -0.2) is 4.39 Å². The lowest BCUT2D eigenvalue weighted by Crippen LogP contribution is -2.40. The first-order valence-electron chi connectivity index (χ1n) is 9.61. The van der Waals surface area contributed by atoms with Crippen LogP contribution in [0.4, 0.5) is 4.39 Å². The molecule has 3 amide bonds. The molecule has 8 nitrogen and oxygen atoms in total. The number of imide groups is 1. The van der Waals surface area contributed by atoms with Crippen molar-refractivity contribution in [3.05, 3.63) is 51.9 Å². The predicted molar refractivity (Wildman–Crippen MR) is 110 cm³/mol. The number of methoxy groups -OCH3 is 1. The van der Waals surface area contributed by atoms with Gasteiger partial charge in [0, 0.05) is 29.6 Å². The maximum atomic E-state index is 14.8. The first-order chi connectivity index (χ1) is 14.6. The zero-order valence-electron chi connectivity index (χ0n) is 17.3. The van der Waals surface area contributed by atoms with Crippen molar-refractivity contribution in [2.75, 3.05) is 7.11 Å². The Balaban J connectivity index is 1.72. The molecule has 2 heterocycles. The molecular formula is C21H22ClFN4O4. The van der Waals surface area contributed by atoms with E-state index in [1.807, 2.05) is 0 Å². The third kappa shape index (κ3) is 4.82. The summed E-state index contributed by atoms with van der Waals surface area (Å²) in [7, 11) is 1.47. The summed E-state index contributed by atoms with van der Waals surface area (Å²) < 4.78 is 19.7. The third-order valence-electron chi connectivity index (χ3n) is 5.24. The van der Waals surface area contributed by atoms with Gasteiger partial charge in [-0.05, 0) is 44.0 Å². The van der Waals surface area contributed by atoms with E-state index in [1.165, 1.54) is 19.2 Å². The molecule has 0 radical (unpaired) electrons. The minimum absolute atomic E-state index is 0.0259. The van der Waals surface area contributed by atoms with Crippen LogP contribution in [0.25, 0.3) is 0 Å². The summed E-state index contributed by atoms with van der Waals surface area (Å²) in [6, 6.07) is 5.99. The summed E-state index contributed by atoms with van der Waals surface area (Å²) in [5.74, 6) is -2.45. The highest BCUT2D eigenvalue weighted by atomic mass is 35.5. The fourth-order valence-electron chi connectivity index (χ4n) is 3.32. The summed E-state index contributed by atoms with van der Waals surface area (Å²) >= 11 is 6.25. The molecule has 10 heteroatoms. The Morgan fingerprint density at radius 3 is 2.65 bits per heavy atom. The second-order valence-electron chi connectivity index (χ2n) is 7.75. The van der Waals surface area contributed by atoms with Crippen LogP contribution in [-0.2, 0) is 26.3 Å². The smallest absolute Gasteiger partial charge is 0.234 e. The Kier molecular flexibility index (Phi) is 6.54. The number of nitrogens with zero attached hydrogens (tertiary/aromatic N) is 2. The van der Waals surface area contributed by atoms with E-state index in [-0.39, 0.29) is 41.8 Å². The summed E-state index contributed by atoms with van der Waals surface area (Å²) in [6.45, 7) is 3.41. The molecule has 3 rings (SSSR count). The number of nitrogens with one attached hydrogen (secondary N) is 2. The molecule has 0 spiro atoms. The third-order valence-corrected chi connectivity index (χ3v) is 5.55. The highest BCUT2D eigenvalue weighted by Gasteiger charge is 2.33. The van der Waals surface area contributed by atoms with Gasteiger partial charge in [0.15, 0.2) is 0 Å². The van der Waals surface area contributed by atoms with E-state index in [0.29, 0.717) is 17.1 Å². The lowest BCUT2D eigenvalue weighted by Gasteiger charge is -2.24. The second-order valence-corrected chi connectivity index (χ2v) is 8.15. The maximum absolute atomic E-state index is 14.8. The molecule has 31 heavy (non-hydrogen) atoms. The van der Waals surface area contributed by atoms with E-state index in [9.17, 15) is 18.8 Å². The van der Waals surface area contributed by atoms with Crippen LogP contribution in [-0.4, -0.2) is 35.0 Å². The lowest BCUT2D eigenvalue weighted by atomic mass is 9.87. The molecule has 0 bridgehead atoms. The van der Waals surface area contributed by atoms with E-state index in [4.69, 9.17) is 16.3 Å². The van der Waals surface area contributed by atoms with Gasteiger partial charge in [0.2, 0.25) is 23.6 Å². The molecule has 0 aliphatic carbocycles. The number of amides is 3. The van der Waals surface area contributed by atoms with Crippen LogP contribution in [0, 0.1) is 5.82 Å². The fraction of sp³-hybridized carbons (Fsp3) is 0.381. The van der Waals surface area contributed by atoms with Gasteiger partial charge >= 0.3 is 0 Å². The molecule has 164 valence electrons. The molecule has 1 aromatic heterocycles. The van der Waals surface area contributed by atoms with Crippen molar-refractivity contribution < 1.29 is 23.5 Å². The van der Waals surface area contributed by atoms with E-state index in [1.54, 1.807) is 26.0 Å². The standard InChI is InChI=1S/C21H22ClFN4O4/c1-21(2,15-5-7-17(31-3)27-26-15)20(30)24-10-11-8-13(22)18(14(23)9-11)12-4-6-16(28)25-19(12)29/h5,7-9,12H,4,6,10H2,1-3H3,(H,24,30)(H,25,28,29). The summed E-state index contributed by atoms with van der Waals surface area (Å²) in [6.07, 6.45) is 0.307. The quantitative estimate of drug-likeness (QED) is 0.656. The maximum Gasteiger partial charge on any atom is 0.234 e. The molecule has 1 aromatic carbocycles. The van der Waals surface area contributed by atoms with Gasteiger partial charge in [-0.3, -0.25) is 19.7 Å². The average Bonchev–Trinajstić information content (AvgIpc) is 2.73. The minimum Gasteiger partial charge on any atom is -0.480 e. The number of piperidine rings is 1. The second kappa shape index (κ2) is 8.97. The van der Waals surface area contributed by atoms with Crippen LogP contribution in [0.3, 0.4) is 0 Å². The Morgan fingerprint density at radius 1 is 1.32 bits per heavy atom. The van der Waals surface area contributed by atoms with E-state index >= 15 is 0 Å². The van der Waals surface area contributed by atoms with Gasteiger partial charge in [0.1, 0.15) is 5.82 Å². The van der Waals surface area contributed by atoms with Gasteiger partial charge in [-0.15, -0.1) is 5.10 Å². The summed E-state index contributed by atoms with van der Waals surface area (Å²) in [4.78, 5) is 36.1. The van der Waals surface area contributed by atoms with Crippen molar-refractivity contribution in [1.82, 2.24) is 20.8 Å². The van der Waals surface area contributed by atoms with Crippen LogP contribution in [0.15, 0.2) is 24.3 Å². The Morgan fingerprint density at radius 2 is 2.06 bits per heavy atom. The van der Waals surface area contributed by atoms with Crippen molar-refractivity contribution in [3.8, 4) is 5.88 Å². The van der Waals surface area contributed by atoms with Gasteiger partial charge in [-0.2, -0.15) is 5.10 Å². The largest absolute Gasteiger partial charge is 0.480 e. The van der Waals surface area contributed by atoms with Crippen molar-refractivity contribution in [1.29, 1.82) is 0 Å². The molecule has 1 saturated heterocycles. The Bertz CT molecular complexity index is 1000. The number of ether oxygens (including phenoxy) is 1. The van der Waals surface area contributed by atoms with E-state index < -0.39 is 23.1 Å². The molecule has 2 N–H and O–H groups in total. The lowest BCUT2D eigenvalue weighted by molar-refractivity contribution is -0.134. The van der Waals surface area contributed by atoms with Gasteiger partial charge in [-0.1, -0.05) is 11.6 Å². The van der Waals surface area contributed by atoms with Gasteiger partial charge in [0.25, 0.3) is 0 Å². The fourth-order valence-corrected chi connectivity index (χ4v) is 3.68. The summed E-state index contributed by atoms with van der Waals surface area (Å²) in [5, 5.41) is 12.9. The van der Waals surface area contributed by atoms with Crippen LogP contribution in [0.1, 0.15) is 49.4 Å². The molecule has 1 atom stereocenters. The number of carbonyl (C=O) groups excluding carboxylic acids is 3. The highest BCUT2D eigenvalue weighted by molar-refractivity contribution is 6.31. The average molecular weight is 449 g/mol. The van der Waals surface area contributed by atoms with Gasteiger partial charge in [0.05, 0.1) is 24.1 Å². The minimum atomic E-state index is -0.992. The van der Waals surface area contributed by atoms with E-state index in [0.717, 1.165) is 0 Å². The topological polar surface area (TPSA) is 110 Å². The van der Waals surface area contributed by atoms with Crippen molar-refractivity contribution in [3.63, 3.8) is 0 Å². The SMILES string of the molecule is COc1ccc(C(C)(C)C(=O)NCc2cc(F)c(C3CCC(=O)NC3=O)c(Cl)c2)nn1. The Hall–Kier alpha value is -3.07. The number of benzene rings is 1. The number of aromatic nitrogens is 2. The molecule has 1 fully saturated rings. The zero-order valence-corrected chi connectivity index (χ0v) is 18.0. The monoisotopic (exact) mass is 448 g/mol. The van der Waals surface area contributed by atoms with Crippen molar-refractivity contribution in [2.24, 2.45) is 0 Å². The van der Waals surface area contributed by atoms with Gasteiger partial charge < -0.3 is 10.1 Å². The number of halogens is 2. The first-order valence-corrected chi connectivity index (χ1v) is 9.99. The molecule has 0 saturated carbocycles. The molecule has 1 aliphatic rings. The Labute approximate surface area is 183 Å². The van der Waals surface area contributed by atoms with E-state index in [2.05, 4.69) is 20.8 Å². The number of rotatable bonds is 6. The molecule has 1 aliphatic heterocycles.